The lowest BCUT2D eigenvalue weighted by atomic mass is 10.3. The molecule has 0 aromatic rings. The Morgan fingerprint density at radius 1 is 1.23 bits per heavy atom. The highest BCUT2D eigenvalue weighted by Gasteiger charge is 2.33. The summed E-state index contributed by atoms with van der Waals surface area (Å²) in [5.41, 5.74) is 0. The molecule has 2 atom stereocenters. The molecule has 1 aliphatic rings. The first-order valence-electron chi connectivity index (χ1n) is 4.90. The molecule has 0 aliphatic carbocycles. The van der Waals surface area contributed by atoms with Crippen molar-refractivity contribution >= 4 is 8.53 Å². The van der Waals surface area contributed by atoms with E-state index in [1.165, 1.54) is 0 Å². The Morgan fingerprint density at radius 3 is 2.08 bits per heavy atom. The third-order valence-electron chi connectivity index (χ3n) is 1.94. The second kappa shape index (κ2) is 4.70. The van der Waals surface area contributed by atoms with Crippen molar-refractivity contribution in [3.8, 4) is 0 Å². The van der Waals surface area contributed by atoms with Gasteiger partial charge in [-0.25, -0.2) is 4.67 Å². The molecule has 1 saturated heterocycles. The van der Waals surface area contributed by atoms with Crippen LogP contribution in [0.1, 0.15) is 34.6 Å². The van der Waals surface area contributed by atoms with Gasteiger partial charge in [-0.05, 0) is 34.6 Å². The van der Waals surface area contributed by atoms with Gasteiger partial charge >= 0.3 is 0 Å². The molecule has 1 rings (SSSR count). The van der Waals surface area contributed by atoms with Crippen LogP contribution in [-0.4, -0.2) is 29.5 Å². The lowest BCUT2D eigenvalue weighted by Crippen LogP contribution is -2.32. The molecule has 0 aromatic carbocycles. The van der Waals surface area contributed by atoms with Crippen molar-refractivity contribution in [2.45, 2.75) is 52.8 Å². The highest BCUT2D eigenvalue weighted by atomic mass is 31.2. The fourth-order valence-electron chi connectivity index (χ4n) is 1.48. The summed E-state index contributed by atoms with van der Waals surface area (Å²) in [6, 6.07) is 0.966. The van der Waals surface area contributed by atoms with Crippen LogP contribution in [0.15, 0.2) is 0 Å². The van der Waals surface area contributed by atoms with Crippen molar-refractivity contribution < 1.29 is 9.05 Å². The average Bonchev–Trinajstić information content (AvgIpc) is 2.34. The maximum atomic E-state index is 5.71. The van der Waals surface area contributed by atoms with Crippen LogP contribution in [0, 0.1) is 0 Å². The van der Waals surface area contributed by atoms with Gasteiger partial charge in [0.1, 0.15) is 0 Å². The fraction of sp³-hybridized carbons (Fsp3) is 1.00. The van der Waals surface area contributed by atoms with Gasteiger partial charge in [0.15, 0.2) is 0 Å². The number of hydrogen-bond acceptors (Lipinski definition) is 3. The maximum absolute atomic E-state index is 5.71. The number of nitrogens with zero attached hydrogens (tertiary/aromatic N) is 1. The zero-order chi connectivity index (χ0) is 10.0. The highest BCUT2D eigenvalue weighted by Crippen LogP contribution is 2.50. The molecule has 0 amide bonds. The lowest BCUT2D eigenvalue weighted by molar-refractivity contribution is 0.233. The van der Waals surface area contributed by atoms with Gasteiger partial charge in [-0.3, -0.25) is 0 Å². The second-order valence-corrected chi connectivity index (χ2v) is 5.42. The molecule has 1 unspecified atom stereocenters. The lowest BCUT2D eigenvalue weighted by Gasteiger charge is -2.32. The molecule has 0 aromatic heterocycles. The van der Waals surface area contributed by atoms with Gasteiger partial charge in [-0.2, -0.15) is 0 Å². The molecule has 0 N–H and O–H groups in total. The van der Waals surface area contributed by atoms with E-state index in [2.05, 4.69) is 39.3 Å². The standard InChI is InChI=1S/C9H20NO2P/c1-7(2)10(8(3)4)13-11-6-9(5)12-13/h7-9H,6H2,1-5H3/t9-,13?/m1/s1. The summed E-state index contributed by atoms with van der Waals surface area (Å²) in [5.74, 6) is 0. The molecule has 3 nitrogen and oxygen atoms in total. The quantitative estimate of drug-likeness (QED) is 0.661. The zero-order valence-electron chi connectivity index (χ0n) is 9.15. The van der Waals surface area contributed by atoms with Gasteiger partial charge in [0, 0.05) is 12.1 Å². The minimum absolute atomic E-state index is 0.256. The second-order valence-electron chi connectivity index (χ2n) is 4.02. The van der Waals surface area contributed by atoms with E-state index < -0.39 is 8.53 Å². The molecule has 1 fully saturated rings. The topological polar surface area (TPSA) is 21.7 Å². The summed E-state index contributed by atoms with van der Waals surface area (Å²) < 4.78 is 13.6. The molecule has 4 heteroatoms. The predicted molar refractivity (Wildman–Crippen MR) is 55.5 cm³/mol. The fourth-order valence-corrected chi connectivity index (χ4v) is 3.24. The van der Waals surface area contributed by atoms with Crippen LogP contribution in [0.5, 0.6) is 0 Å². The van der Waals surface area contributed by atoms with Gasteiger partial charge in [0.2, 0.25) is 0 Å². The normalized spacial score (nSPS) is 29.5. The van der Waals surface area contributed by atoms with Crippen LogP contribution >= 0.6 is 8.53 Å². The Balaban J connectivity index is 2.55. The summed E-state index contributed by atoms with van der Waals surface area (Å²) in [7, 11) is -0.793. The molecule has 78 valence electrons. The number of hydrogen-bond donors (Lipinski definition) is 0. The maximum Gasteiger partial charge on any atom is 0.259 e. The van der Waals surface area contributed by atoms with Crippen LogP contribution in [0.3, 0.4) is 0 Å². The highest BCUT2D eigenvalue weighted by molar-refractivity contribution is 7.44. The van der Waals surface area contributed by atoms with Gasteiger partial charge in [-0.1, -0.05) is 0 Å². The molecular formula is C9H20NO2P. The SMILES string of the molecule is CC(C)N(C(C)C)P1OC[C@@H](C)O1. The van der Waals surface area contributed by atoms with E-state index in [1.807, 2.05) is 0 Å². The Morgan fingerprint density at radius 2 is 1.77 bits per heavy atom. The zero-order valence-corrected chi connectivity index (χ0v) is 10.0. The van der Waals surface area contributed by atoms with Crippen molar-refractivity contribution in [1.29, 1.82) is 0 Å². The van der Waals surface area contributed by atoms with E-state index in [4.69, 9.17) is 9.05 Å². The van der Waals surface area contributed by atoms with E-state index in [1.54, 1.807) is 0 Å². The first kappa shape index (κ1) is 11.4. The molecule has 0 spiro atoms. The molecule has 1 aliphatic heterocycles. The van der Waals surface area contributed by atoms with E-state index in [0.29, 0.717) is 12.1 Å². The van der Waals surface area contributed by atoms with E-state index >= 15 is 0 Å². The van der Waals surface area contributed by atoms with Crippen molar-refractivity contribution in [1.82, 2.24) is 4.67 Å². The van der Waals surface area contributed by atoms with Gasteiger partial charge in [0.05, 0.1) is 12.7 Å². The van der Waals surface area contributed by atoms with Crippen molar-refractivity contribution in [3.05, 3.63) is 0 Å². The minimum atomic E-state index is -0.793. The largest absolute Gasteiger partial charge is 0.319 e. The third kappa shape index (κ3) is 2.88. The van der Waals surface area contributed by atoms with E-state index in [0.717, 1.165) is 6.61 Å². The summed E-state index contributed by atoms with van der Waals surface area (Å²) in [5, 5.41) is 0. The third-order valence-corrected chi connectivity index (χ3v) is 4.15. The first-order valence-corrected chi connectivity index (χ1v) is 6.03. The summed E-state index contributed by atoms with van der Waals surface area (Å²) in [6.07, 6.45) is 0.256. The van der Waals surface area contributed by atoms with E-state index in [-0.39, 0.29) is 6.10 Å². The Labute approximate surface area is 82.4 Å². The van der Waals surface area contributed by atoms with Gasteiger partial charge < -0.3 is 9.05 Å². The average molecular weight is 205 g/mol. The molecule has 13 heavy (non-hydrogen) atoms. The Bertz CT molecular complexity index is 156. The first-order chi connectivity index (χ1) is 6.02. The van der Waals surface area contributed by atoms with Crippen molar-refractivity contribution in [2.75, 3.05) is 6.61 Å². The molecule has 0 radical (unpaired) electrons. The minimum Gasteiger partial charge on any atom is -0.319 e. The van der Waals surface area contributed by atoms with Crippen LogP contribution in [0.25, 0.3) is 0 Å². The van der Waals surface area contributed by atoms with Crippen LogP contribution in [0.4, 0.5) is 0 Å². The molecule has 0 saturated carbocycles. The van der Waals surface area contributed by atoms with Gasteiger partial charge in [-0.15, -0.1) is 0 Å². The number of rotatable bonds is 3. The van der Waals surface area contributed by atoms with Gasteiger partial charge in [0.25, 0.3) is 8.53 Å². The predicted octanol–water partition coefficient (Wildman–Crippen LogP) is 2.77. The molecular weight excluding hydrogens is 185 g/mol. The molecule has 1 heterocycles. The summed E-state index contributed by atoms with van der Waals surface area (Å²) in [4.78, 5) is 0. The summed E-state index contributed by atoms with van der Waals surface area (Å²) in [6.45, 7) is 11.5. The Hall–Kier alpha value is 0.310. The van der Waals surface area contributed by atoms with Crippen LogP contribution < -0.4 is 0 Å². The van der Waals surface area contributed by atoms with E-state index in [9.17, 15) is 0 Å². The molecule has 0 bridgehead atoms. The summed E-state index contributed by atoms with van der Waals surface area (Å²) >= 11 is 0. The van der Waals surface area contributed by atoms with Crippen molar-refractivity contribution in [2.24, 2.45) is 0 Å². The van der Waals surface area contributed by atoms with Crippen LogP contribution in [-0.2, 0) is 9.05 Å². The smallest absolute Gasteiger partial charge is 0.259 e. The van der Waals surface area contributed by atoms with Crippen molar-refractivity contribution in [3.63, 3.8) is 0 Å². The Kier molecular flexibility index (Phi) is 4.11. The monoisotopic (exact) mass is 205 g/mol. The van der Waals surface area contributed by atoms with Crippen LogP contribution in [0.2, 0.25) is 0 Å².